The van der Waals surface area contributed by atoms with Crippen molar-refractivity contribution in [2.24, 2.45) is 0 Å². The van der Waals surface area contributed by atoms with E-state index in [2.05, 4.69) is 9.97 Å². The van der Waals surface area contributed by atoms with Gasteiger partial charge < -0.3 is 10.2 Å². The van der Waals surface area contributed by atoms with Crippen molar-refractivity contribution in [3.63, 3.8) is 0 Å². The van der Waals surface area contributed by atoms with Gasteiger partial charge in [0, 0.05) is 37.6 Å². The van der Waals surface area contributed by atoms with Crippen LogP contribution in [0.15, 0.2) is 24.8 Å². The number of carboxylic acids is 2. The summed E-state index contributed by atoms with van der Waals surface area (Å²) < 4.78 is 0. The number of rotatable bonds is 4. The lowest BCUT2D eigenvalue weighted by atomic mass is 10.4. The summed E-state index contributed by atoms with van der Waals surface area (Å²) >= 11 is 0. The SMILES string of the molecule is CCCC(=O)O.CCCC(=O)O.c1cnccn1. The average molecular weight is 256 g/mol. The van der Waals surface area contributed by atoms with Gasteiger partial charge in [-0.05, 0) is 12.8 Å². The molecule has 0 spiro atoms. The van der Waals surface area contributed by atoms with Gasteiger partial charge in [-0.1, -0.05) is 13.8 Å². The molecule has 1 heterocycles. The number of hydrogen-bond donors (Lipinski definition) is 2. The van der Waals surface area contributed by atoms with Crippen molar-refractivity contribution in [1.29, 1.82) is 0 Å². The minimum Gasteiger partial charge on any atom is -0.481 e. The molecule has 0 aliphatic rings. The van der Waals surface area contributed by atoms with Gasteiger partial charge in [0.2, 0.25) is 0 Å². The lowest BCUT2D eigenvalue weighted by molar-refractivity contribution is -0.138. The first kappa shape index (κ1) is 18.4. The van der Waals surface area contributed by atoms with Crippen molar-refractivity contribution >= 4 is 11.9 Å². The van der Waals surface area contributed by atoms with E-state index in [1.54, 1.807) is 24.8 Å². The van der Waals surface area contributed by atoms with Crippen LogP contribution in [0, 0.1) is 0 Å². The number of nitrogens with zero attached hydrogens (tertiary/aromatic N) is 2. The maximum atomic E-state index is 9.60. The highest BCUT2D eigenvalue weighted by Crippen LogP contribution is 1.82. The zero-order valence-corrected chi connectivity index (χ0v) is 10.7. The Bertz CT molecular complexity index is 261. The fourth-order valence-corrected chi connectivity index (χ4v) is 0.681. The highest BCUT2D eigenvalue weighted by Gasteiger charge is 1.88. The summed E-state index contributed by atoms with van der Waals surface area (Å²) in [5.74, 6) is -1.42. The molecular formula is C12H20N2O4. The molecule has 1 aromatic heterocycles. The normalized spacial score (nSPS) is 8.11. The van der Waals surface area contributed by atoms with Crippen LogP contribution in [0.1, 0.15) is 39.5 Å². The number of aromatic nitrogens is 2. The van der Waals surface area contributed by atoms with Crippen molar-refractivity contribution in [2.75, 3.05) is 0 Å². The number of carbonyl (C=O) groups is 2. The summed E-state index contributed by atoms with van der Waals surface area (Å²) in [5, 5.41) is 15.8. The van der Waals surface area contributed by atoms with Crippen LogP contribution in [0.3, 0.4) is 0 Å². The van der Waals surface area contributed by atoms with Crippen LogP contribution < -0.4 is 0 Å². The van der Waals surface area contributed by atoms with Gasteiger partial charge in [0.25, 0.3) is 0 Å². The van der Waals surface area contributed by atoms with E-state index in [0.29, 0.717) is 12.8 Å². The Kier molecular flexibility index (Phi) is 15.3. The van der Waals surface area contributed by atoms with Gasteiger partial charge in [-0.25, -0.2) is 0 Å². The third-order valence-corrected chi connectivity index (χ3v) is 1.41. The van der Waals surface area contributed by atoms with Gasteiger partial charge in [-0.3, -0.25) is 19.6 Å². The first-order valence-corrected chi connectivity index (χ1v) is 5.68. The third-order valence-electron chi connectivity index (χ3n) is 1.41. The van der Waals surface area contributed by atoms with Crippen molar-refractivity contribution in [1.82, 2.24) is 9.97 Å². The van der Waals surface area contributed by atoms with Crippen molar-refractivity contribution < 1.29 is 19.8 Å². The molecule has 0 saturated carbocycles. The molecule has 0 aliphatic carbocycles. The summed E-state index contributed by atoms with van der Waals surface area (Å²) in [4.78, 5) is 26.6. The molecule has 1 rings (SSSR count). The molecule has 6 nitrogen and oxygen atoms in total. The van der Waals surface area contributed by atoms with Gasteiger partial charge >= 0.3 is 11.9 Å². The molecule has 1 aromatic rings. The molecule has 102 valence electrons. The zero-order valence-electron chi connectivity index (χ0n) is 10.7. The highest BCUT2D eigenvalue weighted by molar-refractivity contribution is 5.66. The van der Waals surface area contributed by atoms with Crippen LogP contribution in [-0.2, 0) is 9.59 Å². The predicted molar refractivity (Wildman–Crippen MR) is 67.1 cm³/mol. The largest absolute Gasteiger partial charge is 0.481 e. The number of hydrogen-bond acceptors (Lipinski definition) is 4. The summed E-state index contributed by atoms with van der Waals surface area (Å²) in [5.41, 5.74) is 0. The first-order valence-electron chi connectivity index (χ1n) is 5.68. The lowest BCUT2D eigenvalue weighted by Crippen LogP contribution is -1.90. The second kappa shape index (κ2) is 15.0. The Morgan fingerprint density at radius 3 is 1.17 bits per heavy atom. The number of aliphatic carboxylic acids is 2. The molecule has 0 atom stereocenters. The molecule has 0 fully saturated rings. The van der Waals surface area contributed by atoms with Gasteiger partial charge in [0.15, 0.2) is 0 Å². The molecule has 0 radical (unpaired) electrons. The van der Waals surface area contributed by atoms with E-state index >= 15 is 0 Å². The second-order valence-electron chi connectivity index (χ2n) is 3.18. The van der Waals surface area contributed by atoms with E-state index in [4.69, 9.17) is 10.2 Å². The van der Waals surface area contributed by atoms with Crippen LogP contribution in [-0.4, -0.2) is 32.1 Å². The van der Waals surface area contributed by atoms with Crippen molar-refractivity contribution in [3.05, 3.63) is 24.8 Å². The van der Waals surface area contributed by atoms with Crippen LogP contribution in [0.5, 0.6) is 0 Å². The fraction of sp³-hybridized carbons (Fsp3) is 0.500. The Labute approximate surface area is 107 Å². The minimum absolute atomic E-state index is 0.292. The van der Waals surface area contributed by atoms with Crippen LogP contribution in [0.25, 0.3) is 0 Å². The lowest BCUT2D eigenvalue weighted by Gasteiger charge is -1.79. The third kappa shape index (κ3) is 23.7. The Balaban J connectivity index is 0. The number of carboxylic acid groups (broad SMARTS) is 2. The van der Waals surface area contributed by atoms with Gasteiger partial charge in [0.1, 0.15) is 0 Å². The van der Waals surface area contributed by atoms with E-state index in [1.165, 1.54) is 0 Å². The molecule has 2 N–H and O–H groups in total. The summed E-state index contributed by atoms with van der Waals surface area (Å²) in [6.07, 6.45) is 8.60. The summed E-state index contributed by atoms with van der Waals surface area (Å²) in [6.45, 7) is 3.68. The van der Waals surface area contributed by atoms with Crippen molar-refractivity contribution in [3.8, 4) is 0 Å². The molecular weight excluding hydrogens is 236 g/mol. The van der Waals surface area contributed by atoms with Crippen LogP contribution >= 0.6 is 0 Å². The maximum Gasteiger partial charge on any atom is 0.303 e. The van der Waals surface area contributed by atoms with Crippen LogP contribution in [0.2, 0.25) is 0 Å². The molecule has 18 heavy (non-hydrogen) atoms. The highest BCUT2D eigenvalue weighted by atomic mass is 16.4. The van der Waals surface area contributed by atoms with E-state index in [1.807, 2.05) is 13.8 Å². The summed E-state index contributed by atoms with van der Waals surface area (Å²) in [6, 6.07) is 0. The zero-order chi connectivity index (χ0) is 14.2. The maximum absolute atomic E-state index is 9.60. The van der Waals surface area contributed by atoms with Gasteiger partial charge in [0.05, 0.1) is 0 Å². The summed E-state index contributed by atoms with van der Waals surface area (Å²) in [7, 11) is 0. The fourth-order valence-electron chi connectivity index (χ4n) is 0.681. The molecule has 0 aromatic carbocycles. The Hall–Kier alpha value is -1.98. The quantitative estimate of drug-likeness (QED) is 0.856. The molecule has 0 amide bonds. The topological polar surface area (TPSA) is 100 Å². The van der Waals surface area contributed by atoms with Gasteiger partial charge in [-0.2, -0.15) is 0 Å². The molecule has 0 saturated heterocycles. The smallest absolute Gasteiger partial charge is 0.303 e. The first-order chi connectivity index (χ1) is 8.54. The van der Waals surface area contributed by atoms with E-state index in [9.17, 15) is 9.59 Å². The molecule has 0 unspecified atom stereocenters. The Morgan fingerprint density at radius 1 is 0.833 bits per heavy atom. The second-order valence-corrected chi connectivity index (χ2v) is 3.18. The molecule has 0 bridgehead atoms. The Morgan fingerprint density at radius 2 is 1.11 bits per heavy atom. The monoisotopic (exact) mass is 256 g/mol. The van der Waals surface area contributed by atoms with E-state index < -0.39 is 11.9 Å². The van der Waals surface area contributed by atoms with Gasteiger partial charge in [-0.15, -0.1) is 0 Å². The average Bonchev–Trinajstić information content (AvgIpc) is 2.32. The standard InChI is InChI=1S/C4H4N2.2C4H8O2/c1-2-6-4-3-5-1;2*1-2-3-4(5)6/h1-4H;2*2-3H2,1H3,(H,5,6). The predicted octanol–water partition coefficient (Wildman–Crippen LogP) is 2.22. The molecule has 0 aliphatic heterocycles. The van der Waals surface area contributed by atoms with E-state index in [-0.39, 0.29) is 0 Å². The van der Waals surface area contributed by atoms with E-state index in [0.717, 1.165) is 12.8 Å². The van der Waals surface area contributed by atoms with Crippen LogP contribution in [0.4, 0.5) is 0 Å². The minimum atomic E-state index is -0.711. The van der Waals surface area contributed by atoms with Crippen molar-refractivity contribution in [2.45, 2.75) is 39.5 Å². The molecule has 6 heteroatoms.